The van der Waals surface area contributed by atoms with Gasteiger partial charge in [-0.1, -0.05) is 32.1 Å². The molecule has 7 heteroatoms. The van der Waals surface area contributed by atoms with Gasteiger partial charge in [0.15, 0.2) is 5.82 Å². The van der Waals surface area contributed by atoms with E-state index in [4.69, 9.17) is 0 Å². The van der Waals surface area contributed by atoms with E-state index in [1.807, 2.05) is 19.1 Å². The van der Waals surface area contributed by atoms with Crippen LogP contribution in [0.5, 0.6) is 0 Å². The maximum absolute atomic E-state index is 12.9. The van der Waals surface area contributed by atoms with Crippen LogP contribution in [0.15, 0.2) is 30.5 Å². The van der Waals surface area contributed by atoms with Gasteiger partial charge < -0.3 is 10.3 Å². The molecule has 2 N–H and O–H groups in total. The number of nitrogens with zero attached hydrogens (tertiary/aromatic N) is 1. The van der Waals surface area contributed by atoms with Crippen LogP contribution in [-0.2, 0) is 21.8 Å². The average Bonchev–Trinajstić information content (AvgIpc) is 3.14. The Labute approximate surface area is 198 Å². The van der Waals surface area contributed by atoms with Gasteiger partial charge in [0.05, 0.1) is 5.75 Å². The number of rotatable bonds is 9. The molecule has 0 amide bonds. The second kappa shape index (κ2) is 9.55. The van der Waals surface area contributed by atoms with Crippen molar-refractivity contribution in [2.24, 2.45) is 5.41 Å². The van der Waals surface area contributed by atoms with Crippen molar-refractivity contribution in [1.82, 2.24) is 15.3 Å². The predicted molar refractivity (Wildman–Crippen MR) is 134 cm³/mol. The van der Waals surface area contributed by atoms with Crippen molar-refractivity contribution in [3.8, 4) is 0 Å². The summed E-state index contributed by atoms with van der Waals surface area (Å²) in [6.45, 7) is 11.0. The number of hydrogen-bond acceptors (Lipinski definition) is 5. The topological polar surface area (TPSA) is 91.9 Å². The molecule has 2 aromatic rings. The summed E-state index contributed by atoms with van der Waals surface area (Å²) in [5, 5.41) is 3.38. The van der Waals surface area contributed by atoms with Crippen LogP contribution in [-0.4, -0.2) is 42.7 Å². The molecule has 1 aliphatic carbocycles. The van der Waals surface area contributed by atoms with Gasteiger partial charge in [-0.2, -0.15) is 0 Å². The summed E-state index contributed by atoms with van der Waals surface area (Å²) >= 11 is 0. The van der Waals surface area contributed by atoms with Crippen LogP contribution < -0.4 is 5.32 Å². The van der Waals surface area contributed by atoms with Gasteiger partial charge in [0, 0.05) is 36.7 Å². The summed E-state index contributed by atoms with van der Waals surface area (Å²) in [6, 6.07) is 6.26. The molecule has 0 bridgehead atoms. The Morgan fingerprint density at radius 3 is 2.58 bits per heavy atom. The summed E-state index contributed by atoms with van der Waals surface area (Å²) in [6.07, 6.45) is 8.61. The first-order valence-electron chi connectivity index (χ1n) is 11.6. The number of carbonyl (C=O) groups excluding carboxylic acids is 1. The fourth-order valence-corrected chi connectivity index (χ4v) is 4.67. The first kappa shape index (κ1) is 25.4. The molecule has 180 valence electrons. The zero-order valence-corrected chi connectivity index (χ0v) is 21.5. The predicted octanol–water partition coefficient (Wildman–Crippen LogP) is 4.61. The minimum absolute atomic E-state index is 0.0284. The van der Waals surface area contributed by atoms with E-state index in [-0.39, 0.29) is 23.4 Å². The Kier molecular flexibility index (Phi) is 7.34. The number of imidazole rings is 1. The lowest BCUT2D eigenvalue weighted by Gasteiger charge is -2.31. The summed E-state index contributed by atoms with van der Waals surface area (Å²) in [5.74, 6) is 0.460. The van der Waals surface area contributed by atoms with E-state index in [9.17, 15) is 13.2 Å². The highest BCUT2D eigenvalue weighted by atomic mass is 32.2. The molecule has 0 radical (unpaired) electrons. The maximum atomic E-state index is 12.9. The third-order valence-corrected chi connectivity index (χ3v) is 7.45. The van der Waals surface area contributed by atoms with Crippen molar-refractivity contribution >= 4 is 21.2 Å². The molecule has 0 unspecified atom stereocenters. The Hall–Kier alpha value is -2.25. The standard InChI is InChI=1S/C26H37N3O3S/c1-18-17-27-24(29-18)23(30)15-20-7-8-21(26(4,5)28-13-14-33(6,31)32)16-22(20)19-9-11-25(2,3)12-10-19/h7-9,16-17,28H,10-15H2,1-6H3,(H,27,29). The van der Waals surface area contributed by atoms with Crippen molar-refractivity contribution < 1.29 is 13.2 Å². The monoisotopic (exact) mass is 471 g/mol. The second-order valence-corrected chi connectivity index (χ2v) is 12.9. The normalized spacial score (nSPS) is 16.5. The van der Waals surface area contributed by atoms with Crippen LogP contribution in [0.3, 0.4) is 0 Å². The lowest BCUT2D eigenvalue weighted by molar-refractivity contribution is 0.0983. The SMILES string of the molecule is Cc1cnc(C(=O)Cc2ccc(C(C)(C)NCCS(C)(=O)=O)cc2C2=CCC(C)(C)CC2)[nH]1. The minimum atomic E-state index is -3.03. The number of carbonyl (C=O) groups is 1. The van der Waals surface area contributed by atoms with Crippen LogP contribution in [0.25, 0.3) is 5.57 Å². The fourth-order valence-electron chi connectivity index (χ4n) is 4.20. The summed E-state index contributed by atoms with van der Waals surface area (Å²) < 4.78 is 23.1. The van der Waals surface area contributed by atoms with E-state index in [0.717, 1.165) is 41.6 Å². The van der Waals surface area contributed by atoms with Crippen molar-refractivity contribution in [3.63, 3.8) is 0 Å². The van der Waals surface area contributed by atoms with E-state index >= 15 is 0 Å². The van der Waals surface area contributed by atoms with Crippen molar-refractivity contribution in [2.75, 3.05) is 18.6 Å². The number of sulfone groups is 1. The van der Waals surface area contributed by atoms with Gasteiger partial charge in [-0.3, -0.25) is 4.79 Å². The second-order valence-electron chi connectivity index (χ2n) is 10.7. The van der Waals surface area contributed by atoms with Crippen molar-refractivity contribution in [1.29, 1.82) is 0 Å². The molecular weight excluding hydrogens is 434 g/mol. The number of Topliss-reactive ketones (excluding diaryl/α,β-unsaturated/α-hetero) is 1. The van der Waals surface area contributed by atoms with Gasteiger partial charge in [0.1, 0.15) is 9.84 Å². The number of allylic oxidation sites excluding steroid dienone is 2. The van der Waals surface area contributed by atoms with Crippen molar-refractivity contribution in [2.45, 2.75) is 65.8 Å². The fraction of sp³-hybridized carbons (Fsp3) is 0.538. The molecule has 6 nitrogen and oxygen atoms in total. The van der Waals surface area contributed by atoms with Gasteiger partial charge in [0.2, 0.25) is 5.78 Å². The number of nitrogens with one attached hydrogen (secondary N) is 2. The molecule has 1 aliphatic rings. The number of H-pyrrole nitrogens is 1. The van der Waals surface area contributed by atoms with Crippen LogP contribution in [0.1, 0.15) is 80.0 Å². The summed E-state index contributed by atoms with van der Waals surface area (Å²) in [5.41, 5.74) is 5.20. The zero-order valence-electron chi connectivity index (χ0n) is 20.7. The van der Waals surface area contributed by atoms with E-state index in [1.165, 1.54) is 11.8 Å². The van der Waals surface area contributed by atoms with Gasteiger partial charge in [-0.05, 0) is 73.8 Å². The van der Waals surface area contributed by atoms with Crippen LogP contribution in [0, 0.1) is 12.3 Å². The lowest BCUT2D eigenvalue weighted by Crippen LogP contribution is -2.39. The molecule has 33 heavy (non-hydrogen) atoms. The van der Waals surface area contributed by atoms with E-state index in [2.05, 4.69) is 55.1 Å². The average molecular weight is 472 g/mol. The van der Waals surface area contributed by atoms with Crippen LogP contribution in [0.2, 0.25) is 0 Å². The molecule has 0 fully saturated rings. The largest absolute Gasteiger partial charge is 0.340 e. The molecule has 1 aromatic carbocycles. The highest BCUT2D eigenvalue weighted by Crippen LogP contribution is 2.39. The number of ketones is 1. The molecule has 3 rings (SSSR count). The molecule has 1 heterocycles. The molecule has 0 spiro atoms. The van der Waals surface area contributed by atoms with Crippen molar-refractivity contribution in [3.05, 3.63) is 58.7 Å². The third kappa shape index (κ3) is 6.87. The highest BCUT2D eigenvalue weighted by molar-refractivity contribution is 7.90. The molecule has 1 aromatic heterocycles. The Morgan fingerprint density at radius 1 is 1.27 bits per heavy atom. The number of aryl methyl sites for hydroxylation is 1. The van der Waals surface area contributed by atoms with E-state index in [0.29, 0.717) is 12.4 Å². The molecule has 0 atom stereocenters. The Morgan fingerprint density at radius 2 is 2.00 bits per heavy atom. The number of hydrogen-bond donors (Lipinski definition) is 2. The molecule has 0 saturated carbocycles. The Bertz CT molecular complexity index is 1160. The number of aromatic amines is 1. The summed E-state index contributed by atoms with van der Waals surface area (Å²) in [4.78, 5) is 20.1. The third-order valence-electron chi connectivity index (χ3n) is 6.51. The Balaban J connectivity index is 1.93. The van der Waals surface area contributed by atoms with Gasteiger partial charge in [0.25, 0.3) is 0 Å². The number of aromatic nitrogens is 2. The molecular formula is C26H37N3O3S. The minimum Gasteiger partial charge on any atom is -0.340 e. The van der Waals surface area contributed by atoms with Gasteiger partial charge in [-0.15, -0.1) is 0 Å². The quantitative estimate of drug-likeness (QED) is 0.521. The molecule has 0 aliphatic heterocycles. The smallest absolute Gasteiger partial charge is 0.202 e. The van der Waals surface area contributed by atoms with E-state index in [1.54, 1.807) is 6.20 Å². The van der Waals surface area contributed by atoms with Gasteiger partial charge in [-0.25, -0.2) is 13.4 Å². The van der Waals surface area contributed by atoms with Crippen LogP contribution >= 0.6 is 0 Å². The number of benzene rings is 1. The van der Waals surface area contributed by atoms with Crippen LogP contribution in [0.4, 0.5) is 0 Å². The first-order valence-corrected chi connectivity index (χ1v) is 13.6. The zero-order chi connectivity index (χ0) is 24.4. The van der Waals surface area contributed by atoms with E-state index < -0.39 is 15.4 Å². The highest BCUT2D eigenvalue weighted by Gasteiger charge is 2.26. The maximum Gasteiger partial charge on any atom is 0.202 e. The lowest BCUT2D eigenvalue weighted by atomic mass is 9.75. The molecule has 0 saturated heterocycles. The first-order chi connectivity index (χ1) is 15.3. The van der Waals surface area contributed by atoms with Gasteiger partial charge >= 0.3 is 0 Å². The summed E-state index contributed by atoms with van der Waals surface area (Å²) in [7, 11) is -3.03.